The maximum Gasteiger partial charge on any atom is 0.143 e. The number of allylic oxidation sites excluding steroid dienone is 1. The van der Waals surface area contributed by atoms with Gasteiger partial charge in [-0.05, 0) is 23.8 Å². The second kappa shape index (κ2) is 5.36. The molecule has 0 saturated heterocycles. The predicted molar refractivity (Wildman–Crippen MR) is 65.9 cm³/mol. The van der Waals surface area contributed by atoms with E-state index in [2.05, 4.69) is 0 Å². The minimum Gasteiger partial charge on any atom is -0.299 e. The van der Waals surface area contributed by atoms with Crippen LogP contribution in [0.5, 0.6) is 0 Å². The monoisotopic (exact) mass is 244 g/mol. The molecular formula is C15H10F2O. The Labute approximate surface area is 103 Å². The van der Waals surface area contributed by atoms with Crippen molar-refractivity contribution < 1.29 is 13.6 Å². The van der Waals surface area contributed by atoms with Gasteiger partial charge in [0, 0.05) is 11.1 Å². The minimum atomic E-state index is -0.492. The van der Waals surface area contributed by atoms with Crippen LogP contribution in [0.1, 0.15) is 11.1 Å². The van der Waals surface area contributed by atoms with Crippen LogP contribution in [-0.2, 0) is 4.79 Å². The Morgan fingerprint density at radius 2 is 1.28 bits per heavy atom. The van der Waals surface area contributed by atoms with E-state index in [1.165, 1.54) is 24.3 Å². The Morgan fingerprint density at radius 1 is 0.833 bits per heavy atom. The van der Waals surface area contributed by atoms with Crippen LogP contribution < -0.4 is 0 Å². The van der Waals surface area contributed by atoms with Crippen molar-refractivity contribution in [1.82, 2.24) is 0 Å². The normalized spacial score (nSPS) is 9.89. The molecule has 0 atom stereocenters. The summed E-state index contributed by atoms with van der Waals surface area (Å²) in [5, 5.41) is 0. The molecule has 0 N–H and O–H groups in total. The van der Waals surface area contributed by atoms with Crippen LogP contribution in [0.3, 0.4) is 0 Å². The molecule has 0 aliphatic rings. The van der Waals surface area contributed by atoms with E-state index in [0.29, 0.717) is 6.29 Å². The molecule has 2 aromatic rings. The first-order chi connectivity index (χ1) is 8.74. The molecule has 0 fully saturated rings. The van der Waals surface area contributed by atoms with Gasteiger partial charge < -0.3 is 0 Å². The molecule has 2 rings (SSSR count). The van der Waals surface area contributed by atoms with Crippen molar-refractivity contribution in [2.45, 2.75) is 0 Å². The first-order valence-corrected chi connectivity index (χ1v) is 5.39. The van der Waals surface area contributed by atoms with Crippen LogP contribution in [0.2, 0.25) is 0 Å². The van der Waals surface area contributed by atoms with Crippen LogP contribution in [0.25, 0.3) is 5.57 Å². The van der Waals surface area contributed by atoms with Gasteiger partial charge in [-0.2, -0.15) is 0 Å². The van der Waals surface area contributed by atoms with E-state index in [1.54, 1.807) is 24.3 Å². The summed E-state index contributed by atoms with van der Waals surface area (Å²) >= 11 is 0. The number of rotatable bonds is 3. The first kappa shape index (κ1) is 12.2. The van der Waals surface area contributed by atoms with Crippen LogP contribution in [0, 0.1) is 11.6 Å². The van der Waals surface area contributed by atoms with Crippen molar-refractivity contribution in [2.75, 3.05) is 0 Å². The van der Waals surface area contributed by atoms with Gasteiger partial charge in [0.1, 0.15) is 17.9 Å². The van der Waals surface area contributed by atoms with Gasteiger partial charge in [0.25, 0.3) is 0 Å². The molecule has 0 unspecified atom stereocenters. The van der Waals surface area contributed by atoms with E-state index in [9.17, 15) is 13.6 Å². The lowest BCUT2D eigenvalue weighted by molar-refractivity contribution is -0.104. The average Bonchev–Trinajstić information content (AvgIpc) is 2.38. The maximum atomic E-state index is 13.7. The van der Waals surface area contributed by atoms with Gasteiger partial charge in [-0.15, -0.1) is 0 Å². The highest BCUT2D eigenvalue weighted by Crippen LogP contribution is 2.26. The molecule has 1 nitrogen and oxygen atoms in total. The Morgan fingerprint density at radius 3 is 1.67 bits per heavy atom. The van der Waals surface area contributed by atoms with Crippen molar-refractivity contribution >= 4 is 11.9 Å². The van der Waals surface area contributed by atoms with Crippen molar-refractivity contribution in [2.24, 2.45) is 0 Å². The summed E-state index contributed by atoms with van der Waals surface area (Å²) in [6.45, 7) is 0. The fourth-order valence-electron chi connectivity index (χ4n) is 1.75. The van der Waals surface area contributed by atoms with E-state index < -0.39 is 11.6 Å². The van der Waals surface area contributed by atoms with E-state index in [4.69, 9.17) is 0 Å². The Balaban J connectivity index is 2.62. The summed E-state index contributed by atoms with van der Waals surface area (Å²) in [4.78, 5) is 10.7. The van der Waals surface area contributed by atoms with Gasteiger partial charge in [0.15, 0.2) is 0 Å². The number of hydrogen-bond donors (Lipinski definition) is 0. The molecule has 0 bridgehead atoms. The first-order valence-electron chi connectivity index (χ1n) is 5.39. The van der Waals surface area contributed by atoms with Crippen LogP contribution in [-0.4, -0.2) is 6.29 Å². The largest absolute Gasteiger partial charge is 0.299 e. The summed E-state index contributed by atoms with van der Waals surface area (Å²) in [6, 6.07) is 11.9. The summed E-state index contributed by atoms with van der Waals surface area (Å²) in [5.74, 6) is -0.984. The molecular weight excluding hydrogens is 234 g/mol. The molecule has 0 heterocycles. The minimum absolute atomic E-state index is 0.203. The second-order valence-corrected chi connectivity index (χ2v) is 3.68. The highest BCUT2D eigenvalue weighted by atomic mass is 19.1. The number of benzene rings is 2. The van der Waals surface area contributed by atoms with Crippen LogP contribution >= 0.6 is 0 Å². The van der Waals surface area contributed by atoms with Crippen molar-refractivity contribution in [3.05, 3.63) is 77.4 Å². The van der Waals surface area contributed by atoms with Gasteiger partial charge in [-0.3, -0.25) is 4.79 Å². The molecule has 0 spiro atoms. The molecule has 0 aliphatic heterocycles. The fraction of sp³-hybridized carbons (Fsp3) is 0. The summed E-state index contributed by atoms with van der Waals surface area (Å²) < 4.78 is 27.4. The molecule has 90 valence electrons. The van der Waals surface area contributed by atoms with Crippen molar-refractivity contribution in [3.8, 4) is 0 Å². The Bertz CT molecular complexity index is 555. The molecule has 2 aromatic carbocycles. The predicted octanol–water partition coefficient (Wildman–Crippen LogP) is 3.60. The highest BCUT2D eigenvalue weighted by molar-refractivity contribution is 5.89. The zero-order valence-electron chi connectivity index (χ0n) is 9.44. The van der Waals surface area contributed by atoms with Gasteiger partial charge in [-0.1, -0.05) is 36.4 Å². The standard InChI is InChI=1S/C15H10F2O/c16-14-7-3-1-5-12(14)11(9-10-18)13-6-2-4-8-15(13)17/h1-10H. The fourth-order valence-corrected chi connectivity index (χ4v) is 1.75. The highest BCUT2D eigenvalue weighted by Gasteiger charge is 2.12. The lowest BCUT2D eigenvalue weighted by Crippen LogP contribution is -1.95. The molecule has 0 aliphatic carbocycles. The molecule has 3 heteroatoms. The summed E-state index contributed by atoms with van der Waals surface area (Å²) in [5.41, 5.74) is 0.644. The summed E-state index contributed by atoms with van der Waals surface area (Å²) in [7, 11) is 0. The van der Waals surface area contributed by atoms with Gasteiger partial charge >= 0.3 is 0 Å². The molecule has 0 saturated carbocycles. The SMILES string of the molecule is O=CC=C(c1ccccc1F)c1ccccc1F. The number of carbonyl (C=O) groups excluding carboxylic acids is 1. The quantitative estimate of drug-likeness (QED) is 0.595. The Hall–Kier alpha value is -2.29. The molecule has 18 heavy (non-hydrogen) atoms. The van der Waals surface area contributed by atoms with E-state index in [1.807, 2.05) is 0 Å². The van der Waals surface area contributed by atoms with Gasteiger partial charge in [0.2, 0.25) is 0 Å². The van der Waals surface area contributed by atoms with Crippen LogP contribution in [0.15, 0.2) is 54.6 Å². The van der Waals surface area contributed by atoms with E-state index in [-0.39, 0.29) is 16.7 Å². The van der Waals surface area contributed by atoms with Crippen LogP contribution in [0.4, 0.5) is 8.78 Å². The van der Waals surface area contributed by atoms with E-state index >= 15 is 0 Å². The van der Waals surface area contributed by atoms with Crippen molar-refractivity contribution in [1.29, 1.82) is 0 Å². The third-order valence-corrected chi connectivity index (χ3v) is 2.56. The smallest absolute Gasteiger partial charge is 0.143 e. The lowest BCUT2D eigenvalue weighted by Gasteiger charge is -2.09. The topological polar surface area (TPSA) is 17.1 Å². The number of aldehydes is 1. The summed E-state index contributed by atoms with van der Waals surface area (Å²) in [6.07, 6.45) is 1.69. The third-order valence-electron chi connectivity index (χ3n) is 2.56. The van der Waals surface area contributed by atoms with Gasteiger partial charge in [0.05, 0.1) is 0 Å². The van der Waals surface area contributed by atoms with Gasteiger partial charge in [-0.25, -0.2) is 8.78 Å². The molecule has 0 radical (unpaired) electrons. The lowest BCUT2D eigenvalue weighted by atomic mass is 9.97. The second-order valence-electron chi connectivity index (χ2n) is 3.68. The number of halogens is 2. The zero-order valence-corrected chi connectivity index (χ0v) is 9.44. The van der Waals surface area contributed by atoms with E-state index in [0.717, 1.165) is 6.08 Å². The molecule has 0 amide bonds. The molecule has 0 aromatic heterocycles. The zero-order chi connectivity index (χ0) is 13.0. The maximum absolute atomic E-state index is 13.7. The average molecular weight is 244 g/mol. The Kier molecular flexibility index (Phi) is 3.63. The number of carbonyl (C=O) groups is 1. The number of hydrogen-bond acceptors (Lipinski definition) is 1. The van der Waals surface area contributed by atoms with Crippen molar-refractivity contribution in [3.63, 3.8) is 0 Å². The third kappa shape index (κ3) is 2.35.